The molecule has 1 aliphatic carbocycles. The molecule has 0 unspecified atom stereocenters. The van der Waals surface area contributed by atoms with Crippen molar-refractivity contribution in [3.8, 4) is 11.1 Å². The second kappa shape index (κ2) is 11.0. The number of alkyl carbamates (subject to hydrolysis) is 1. The molecule has 5 N–H and O–H groups in total. The number of rotatable bonds is 9. The van der Waals surface area contributed by atoms with Crippen LogP contribution in [0, 0.1) is 5.92 Å². The zero-order valence-corrected chi connectivity index (χ0v) is 19.3. The standard InChI is InChI=1S/C25H32N4O4/c1-15(2)22(24(31)28-16(3)23(30)27-13-12-26)29-25(32)33-14-21-19-10-6-4-8-17(19)18-9-5-7-11-20(18)21/h4-11,15-16,21-22H,12-14,26H2,1-3H3,(H,27,30)(H,28,31)(H,29,32)/t16-,22-/m0/s1. The van der Waals surface area contributed by atoms with Gasteiger partial charge < -0.3 is 26.4 Å². The highest BCUT2D eigenvalue weighted by Gasteiger charge is 2.31. The fourth-order valence-corrected chi connectivity index (χ4v) is 4.02. The fraction of sp³-hybridized carbons (Fsp3) is 0.400. The molecule has 1 aliphatic rings. The van der Waals surface area contributed by atoms with Gasteiger partial charge in [0.05, 0.1) is 0 Å². The number of amides is 3. The maximum absolute atomic E-state index is 12.7. The smallest absolute Gasteiger partial charge is 0.407 e. The topological polar surface area (TPSA) is 123 Å². The van der Waals surface area contributed by atoms with E-state index in [1.54, 1.807) is 6.92 Å². The summed E-state index contributed by atoms with van der Waals surface area (Å²) in [5, 5.41) is 7.91. The molecule has 0 saturated heterocycles. The van der Waals surface area contributed by atoms with Crippen molar-refractivity contribution in [2.75, 3.05) is 19.7 Å². The summed E-state index contributed by atoms with van der Waals surface area (Å²) in [5.74, 6) is -1.06. The molecule has 0 bridgehead atoms. The SMILES string of the molecule is CC(C)[C@H](NC(=O)OCC1c2ccccc2-c2ccccc21)C(=O)N[C@@H](C)C(=O)NCCN. The molecular formula is C25H32N4O4. The number of carbonyl (C=O) groups is 3. The summed E-state index contributed by atoms with van der Waals surface area (Å²) in [4.78, 5) is 37.3. The molecule has 2 atom stereocenters. The molecular weight excluding hydrogens is 420 g/mol. The summed E-state index contributed by atoms with van der Waals surface area (Å²) in [5.41, 5.74) is 9.89. The molecule has 0 saturated carbocycles. The largest absolute Gasteiger partial charge is 0.449 e. The minimum Gasteiger partial charge on any atom is -0.449 e. The van der Waals surface area contributed by atoms with Crippen molar-refractivity contribution in [3.05, 3.63) is 59.7 Å². The Morgan fingerprint density at radius 3 is 2.03 bits per heavy atom. The number of ether oxygens (including phenoxy) is 1. The second-order valence-electron chi connectivity index (χ2n) is 8.50. The first kappa shape index (κ1) is 24.3. The molecule has 3 rings (SSSR count). The highest BCUT2D eigenvalue weighted by Crippen LogP contribution is 2.44. The third kappa shape index (κ3) is 5.70. The lowest BCUT2D eigenvalue weighted by molar-refractivity contribution is -0.130. The third-order valence-corrected chi connectivity index (χ3v) is 5.76. The molecule has 2 aromatic rings. The van der Waals surface area contributed by atoms with E-state index in [1.165, 1.54) is 0 Å². The second-order valence-corrected chi connectivity index (χ2v) is 8.50. The third-order valence-electron chi connectivity index (χ3n) is 5.76. The summed E-state index contributed by atoms with van der Waals surface area (Å²) >= 11 is 0. The van der Waals surface area contributed by atoms with Crippen LogP contribution in [-0.4, -0.2) is 49.7 Å². The molecule has 0 fully saturated rings. The Labute approximate surface area is 194 Å². The first-order valence-electron chi connectivity index (χ1n) is 11.2. The van der Waals surface area contributed by atoms with Gasteiger partial charge in [0.15, 0.2) is 0 Å². The zero-order chi connectivity index (χ0) is 24.0. The van der Waals surface area contributed by atoms with E-state index in [2.05, 4.69) is 28.1 Å². The van der Waals surface area contributed by atoms with Crippen LogP contribution in [0.4, 0.5) is 4.79 Å². The van der Waals surface area contributed by atoms with E-state index < -0.39 is 24.1 Å². The molecule has 0 radical (unpaired) electrons. The van der Waals surface area contributed by atoms with Gasteiger partial charge in [0.25, 0.3) is 0 Å². The summed E-state index contributed by atoms with van der Waals surface area (Å²) < 4.78 is 5.55. The van der Waals surface area contributed by atoms with Crippen molar-refractivity contribution in [1.29, 1.82) is 0 Å². The van der Waals surface area contributed by atoms with Gasteiger partial charge >= 0.3 is 6.09 Å². The van der Waals surface area contributed by atoms with Crippen LogP contribution in [0.3, 0.4) is 0 Å². The van der Waals surface area contributed by atoms with Gasteiger partial charge in [-0.15, -0.1) is 0 Å². The average Bonchev–Trinajstić information content (AvgIpc) is 3.13. The van der Waals surface area contributed by atoms with Gasteiger partial charge in [-0.3, -0.25) is 9.59 Å². The lowest BCUT2D eigenvalue weighted by Gasteiger charge is -2.24. The van der Waals surface area contributed by atoms with Crippen molar-refractivity contribution in [2.45, 2.75) is 38.8 Å². The Kier molecular flexibility index (Phi) is 8.06. The molecule has 176 valence electrons. The first-order valence-corrected chi connectivity index (χ1v) is 11.2. The Balaban J connectivity index is 1.61. The van der Waals surface area contributed by atoms with E-state index >= 15 is 0 Å². The summed E-state index contributed by atoms with van der Waals surface area (Å²) in [7, 11) is 0. The Hall–Kier alpha value is -3.39. The van der Waals surface area contributed by atoms with E-state index in [1.807, 2.05) is 50.2 Å². The lowest BCUT2D eigenvalue weighted by atomic mass is 9.98. The van der Waals surface area contributed by atoms with Crippen molar-refractivity contribution in [3.63, 3.8) is 0 Å². The number of hydrogen-bond donors (Lipinski definition) is 4. The Morgan fingerprint density at radius 2 is 1.48 bits per heavy atom. The van der Waals surface area contributed by atoms with Crippen LogP contribution in [0.25, 0.3) is 11.1 Å². The van der Waals surface area contributed by atoms with E-state index in [-0.39, 0.29) is 24.3 Å². The van der Waals surface area contributed by atoms with E-state index in [4.69, 9.17) is 10.5 Å². The highest BCUT2D eigenvalue weighted by atomic mass is 16.5. The van der Waals surface area contributed by atoms with Gasteiger partial charge in [-0.05, 0) is 35.1 Å². The Morgan fingerprint density at radius 1 is 0.909 bits per heavy atom. The molecule has 0 aromatic heterocycles. The predicted octanol–water partition coefficient (Wildman–Crippen LogP) is 2.13. The molecule has 2 aromatic carbocycles. The van der Waals surface area contributed by atoms with Crippen molar-refractivity contribution in [2.24, 2.45) is 11.7 Å². The number of nitrogens with two attached hydrogens (primary N) is 1. The van der Waals surface area contributed by atoms with E-state index in [0.29, 0.717) is 13.1 Å². The van der Waals surface area contributed by atoms with Crippen molar-refractivity contribution in [1.82, 2.24) is 16.0 Å². The van der Waals surface area contributed by atoms with E-state index in [9.17, 15) is 14.4 Å². The molecule has 0 spiro atoms. The normalized spacial score (nSPS) is 14.1. The number of carbonyl (C=O) groups excluding carboxylic acids is 3. The van der Waals surface area contributed by atoms with Crippen LogP contribution in [0.5, 0.6) is 0 Å². The number of nitrogens with one attached hydrogen (secondary N) is 3. The highest BCUT2D eigenvalue weighted by molar-refractivity contribution is 5.91. The van der Waals surface area contributed by atoms with Gasteiger partial charge in [-0.2, -0.15) is 0 Å². The molecule has 8 heteroatoms. The fourth-order valence-electron chi connectivity index (χ4n) is 4.02. The van der Waals surface area contributed by atoms with Crippen LogP contribution < -0.4 is 21.7 Å². The Bertz CT molecular complexity index is 962. The number of hydrogen-bond acceptors (Lipinski definition) is 5. The van der Waals surface area contributed by atoms with Gasteiger partial charge in [-0.1, -0.05) is 62.4 Å². The maximum Gasteiger partial charge on any atom is 0.407 e. The summed E-state index contributed by atoms with van der Waals surface area (Å²) in [6.45, 7) is 5.99. The molecule has 3 amide bonds. The minimum atomic E-state index is -0.842. The predicted molar refractivity (Wildman–Crippen MR) is 126 cm³/mol. The van der Waals surface area contributed by atoms with Crippen molar-refractivity contribution < 1.29 is 19.1 Å². The monoisotopic (exact) mass is 452 g/mol. The number of fused-ring (bicyclic) bond motifs is 3. The quantitative estimate of drug-likeness (QED) is 0.464. The van der Waals surface area contributed by atoms with E-state index in [0.717, 1.165) is 22.3 Å². The zero-order valence-electron chi connectivity index (χ0n) is 19.3. The van der Waals surface area contributed by atoms with Gasteiger partial charge in [0.1, 0.15) is 18.7 Å². The molecule has 0 heterocycles. The van der Waals surface area contributed by atoms with Crippen molar-refractivity contribution >= 4 is 17.9 Å². The minimum absolute atomic E-state index is 0.0688. The average molecular weight is 453 g/mol. The van der Waals surface area contributed by atoms with Crippen LogP contribution in [0.15, 0.2) is 48.5 Å². The van der Waals surface area contributed by atoms with Crippen LogP contribution in [0.2, 0.25) is 0 Å². The molecule has 8 nitrogen and oxygen atoms in total. The first-order chi connectivity index (χ1) is 15.8. The van der Waals surface area contributed by atoms with Gasteiger partial charge in [-0.25, -0.2) is 4.79 Å². The van der Waals surface area contributed by atoms with Gasteiger partial charge in [0, 0.05) is 19.0 Å². The van der Waals surface area contributed by atoms with Crippen LogP contribution in [0.1, 0.15) is 37.8 Å². The van der Waals surface area contributed by atoms with Crippen LogP contribution >= 0.6 is 0 Å². The maximum atomic E-state index is 12.7. The van der Waals surface area contributed by atoms with Crippen LogP contribution in [-0.2, 0) is 14.3 Å². The molecule has 0 aliphatic heterocycles. The summed E-state index contributed by atoms with van der Waals surface area (Å²) in [6, 6.07) is 14.6. The lowest BCUT2D eigenvalue weighted by Crippen LogP contribution is -2.54. The molecule has 33 heavy (non-hydrogen) atoms. The number of benzene rings is 2. The summed E-state index contributed by atoms with van der Waals surface area (Å²) in [6.07, 6.45) is -0.675. The van der Waals surface area contributed by atoms with Gasteiger partial charge in [0.2, 0.25) is 11.8 Å².